The summed E-state index contributed by atoms with van der Waals surface area (Å²) in [6.45, 7) is 1.80. The summed E-state index contributed by atoms with van der Waals surface area (Å²) in [5.41, 5.74) is 1.10. The first-order valence-corrected chi connectivity index (χ1v) is 8.32. The van der Waals surface area contributed by atoms with Gasteiger partial charge in [-0.3, -0.25) is 4.79 Å². The molecule has 2 aromatic rings. The summed E-state index contributed by atoms with van der Waals surface area (Å²) in [5, 5.41) is 0. The van der Waals surface area contributed by atoms with Gasteiger partial charge in [0.1, 0.15) is 5.75 Å². The highest BCUT2D eigenvalue weighted by atomic mass is 16.5. The average molecular weight is 312 g/mol. The number of piperidine rings is 1. The van der Waals surface area contributed by atoms with Gasteiger partial charge in [-0.15, -0.1) is 0 Å². The summed E-state index contributed by atoms with van der Waals surface area (Å²) in [7, 11) is 1.67. The van der Waals surface area contributed by atoms with Gasteiger partial charge in [0.15, 0.2) is 0 Å². The molecule has 1 aromatic heterocycles. The van der Waals surface area contributed by atoms with Crippen molar-refractivity contribution >= 4 is 5.91 Å². The summed E-state index contributed by atoms with van der Waals surface area (Å²) in [6.07, 6.45) is 8.02. The summed E-state index contributed by atoms with van der Waals surface area (Å²) < 4.78 is 7.45. The summed E-state index contributed by atoms with van der Waals surface area (Å²) in [4.78, 5) is 14.7. The van der Waals surface area contributed by atoms with Crippen LogP contribution in [0.15, 0.2) is 48.8 Å². The third-order valence-corrected chi connectivity index (χ3v) is 4.54. The van der Waals surface area contributed by atoms with Crippen LogP contribution in [0.25, 0.3) is 0 Å². The Labute approximate surface area is 137 Å². The SMILES string of the molecule is COc1cccc([C@@H](CC(=O)N2CCCCC2)n2cccc2)c1. The Balaban J connectivity index is 1.82. The van der Waals surface area contributed by atoms with E-state index in [9.17, 15) is 4.79 Å². The topological polar surface area (TPSA) is 34.5 Å². The third-order valence-electron chi connectivity index (χ3n) is 4.54. The first kappa shape index (κ1) is 15.7. The molecule has 4 nitrogen and oxygen atoms in total. The van der Waals surface area contributed by atoms with Gasteiger partial charge < -0.3 is 14.2 Å². The van der Waals surface area contributed by atoms with Crippen LogP contribution in [0.2, 0.25) is 0 Å². The van der Waals surface area contributed by atoms with Gasteiger partial charge in [0.05, 0.1) is 19.6 Å². The van der Waals surface area contributed by atoms with Crippen LogP contribution in [0.1, 0.15) is 37.3 Å². The molecule has 0 aliphatic carbocycles. The number of methoxy groups -OCH3 is 1. The van der Waals surface area contributed by atoms with E-state index in [0.29, 0.717) is 6.42 Å². The first-order valence-electron chi connectivity index (χ1n) is 8.32. The first-order chi connectivity index (χ1) is 11.3. The molecular formula is C19H24N2O2. The molecule has 0 bridgehead atoms. The molecule has 122 valence electrons. The lowest BCUT2D eigenvalue weighted by Gasteiger charge is -2.29. The van der Waals surface area contributed by atoms with Gasteiger partial charge in [0.2, 0.25) is 5.91 Å². The van der Waals surface area contributed by atoms with Gasteiger partial charge in [-0.1, -0.05) is 12.1 Å². The van der Waals surface area contributed by atoms with Crippen LogP contribution in [-0.4, -0.2) is 35.6 Å². The molecule has 0 N–H and O–H groups in total. The van der Waals surface area contributed by atoms with E-state index in [2.05, 4.69) is 10.6 Å². The summed E-state index contributed by atoms with van der Waals surface area (Å²) in [5.74, 6) is 1.07. The van der Waals surface area contributed by atoms with Crippen molar-refractivity contribution in [3.63, 3.8) is 0 Å². The van der Waals surface area contributed by atoms with Crippen molar-refractivity contribution in [2.45, 2.75) is 31.7 Å². The van der Waals surface area contributed by atoms with Crippen molar-refractivity contribution in [1.82, 2.24) is 9.47 Å². The summed E-state index contributed by atoms with van der Waals surface area (Å²) in [6, 6.07) is 12.0. The van der Waals surface area contributed by atoms with E-state index in [1.54, 1.807) is 7.11 Å². The highest BCUT2D eigenvalue weighted by Gasteiger charge is 2.23. The Kier molecular flexibility index (Phi) is 5.01. The number of rotatable bonds is 5. The number of carbonyl (C=O) groups excluding carboxylic acids is 1. The van der Waals surface area contributed by atoms with Crippen molar-refractivity contribution in [3.05, 3.63) is 54.4 Å². The fourth-order valence-corrected chi connectivity index (χ4v) is 3.24. The molecule has 0 radical (unpaired) electrons. The van der Waals surface area contributed by atoms with Crippen molar-refractivity contribution in [2.24, 2.45) is 0 Å². The number of carbonyl (C=O) groups is 1. The number of benzene rings is 1. The van der Waals surface area contributed by atoms with E-state index < -0.39 is 0 Å². The van der Waals surface area contributed by atoms with E-state index in [0.717, 1.165) is 37.2 Å². The molecule has 2 heterocycles. The van der Waals surface area contributed by atoms with Gasteiger partial charge in [0.25, 0.3) is 0 Å². The van der Waals surface area contributed by atoms with E-state index in [-0.39, 0.29) is 11.9 Å². The molecule has 0 spiro atoms. The van der Waals surface area contributed by atoms with Gasteiger partial charge in [-0.2, -0.15) is 0 Å². The van der Waals surface area contributed by atoms with E-state index in [1.807, 2.05) is 47.6 Å². The lowest BCUT2D eigenvalue weighted by molar-refractivity contribution is -0.132. The van der Waals surface area contributed by atoms with Crippen molar-refractivity contribution < 1.29 is 9.53 Å². The smallest absolute Gasteiger partial charge is 0.225 e. The number of amides is 1. The second-order valence-electron chi connectivity index (χ2n) is 6.07. The number of hydrogen-bond acceptors (Lipinski definition) is 2. The normalized spacial score (nSPS) is 16.1. The Bertz CT molecular complexity index is 631. The zero-order chi connectivity index (χ0) is 16.1. The van der Waals surface area contributed by atoms with Crippen LogP contribution in [0.3, 0.4) is 0 Å². The van der Waals surface area contributed by atoms with Crippen LogP contribution in [0.4, 0.5) is 0 Å². The number of aromatic nitrogens is 1. The zero-order valence-corrected chi connectivity index (χ0v) is 13.6. The lowest BCUT2D eigenvalue weighted by atomic mass is 10.0. The minimum absolute atomic E-state index is 0.00882. The number of ether oxygens (including phenoxy) is 1. The second kappa shape index (κ2) is 7.36. The maximum atomic E-state index is 12.7. The second-order valence-corrected chi connectivity index (χ2v) is 6.07. The molecule has 1 saturated heterocycles. The molecule has 0 unspecified atom stereocenters. The van der Waals surface area contributed by atoms with Crippen LogP contribution in [-0.2, 0) is 4.79 Å². The minimum atomic E-state index is 0.00882. The largest absolute Gasteiger partial charge is 0.497 e. The van der Waals surface area contributed by atoms with Gasteiger partial charge >= 0.3 is 0 Å². The maximum absolute atomic E-state index is 12.7. The average Bonchev–Trinajstić information content (AvgIpc) is 3.14. The highest BCUT2D eigenvalue weighted by molar-refractivity contribution is 5.77. The molecule has 23 heavy (non-hydrogen) atoms. The molecule has 1 fully saturated rings. The Morgan fingerprint density at radius 1 is 1.13 bits per heavy atom. The summed E-state index contributed by atoms with van der Waals surface area (Å²) >= 11 is 0. The Morgan fingerprint density at radius 3 is 2.57 bits per heavy atom. The lowest BCUT2D eigenvalue weighted by Crippen LogP contribution is -2.36. The quantitative estimate of drug-likeness (QED) is 0.847. The van der Waals surface area contributed by atoms with Crippen molar-refractivity contribution in [2.75, 3.05) is 20.2 Å². The van der Waals surface area contributed by atoms with Crippen LogP contribution >= 0.6 is 0 Å². The highest BCUT2D eigenvalue weighted by Crippen LogP contribution is 2.27. The molecule has 0 saturated carbocycles. The molecule has 1 atom stereocenters. The predicted octanol–water partition coefficient (Wildman–Crippen LogP) is 3.49. The number of nitrogens with zero attached hydrogens (tertiary/aromatic N) is 2. The van der Waals surface area contributed by atoms with Gasteiger partial charge in [-0.05, 0) is 49.1 Å². The monoisotopic (exact) mass is 312 g/mol. The maximum Gasteiger partial charge on any atom is 0.225 e. The van der Waals surface area contributed by atoms with E-state index >= 15 is 0 Å². The number of likely N-dealkylation sites (tertiary alicyclic amines) is 1. The van der Waals surface area contributed by atoms with Crippen molar-refractivity contribution in [1.29, 1.82) is 0 Å². The van der Waals surface area contributed by atoms with Gasteiger partial charge in [-0.25, -0.2) is 0 Å². The number of hydrogen-bond donors (Lipinski definition) is 0. The Hall–Kier alpha value is -2.23. The zero-order valence-electron chi connectivity index (χ0n) is 13.6. The molecular weight excluding hydrogens is 288 g/mol. The minimum Gasteiger partial charge on any atom is -0.497 e. The molecule has 1 aliphatic heterocycles. The molecule has 1 amide bonds. The van der Waals surface area contributed by atoms with Crippen LogP contribution < -0.4 is 4.74 Å². The fourth-order valence-electron chi connectivity index (χ4n) is 3.24. The molecule has 4 heteroatoms. The third kappa shape index (κ3) is 3.76. The van der Waals surface area contributed by atoms with Gasteiger partial charge in [0, 0.05) is 25.5 Å². The molecule has 1 aromatic carbocycles. The molecule has 3 rings (SSSR count). The van der Waals surface area contributed by atoms with Crippen molar-refractivity contribution in [3.8, 4) is 5.75 Å². The molecule has 1 aliphatic rings. The predicted molar refractivity (Wildman–Crippen MR) is 90.6 cm³/mol. The van der Waals surface area contributed by atoms with Crippen LogP contribution in [0, 0.1) is 0 Å². The Morgan fingerprint density at radius 2 is 1.87 bits per heavy atom. The fraction of sp³-hybridized carbons (Fsp3) is 0.421. The van der Waals surface area contributed by atoms with Crippen LogP contribution in [0.5, 0.6) is 5.75 Å². The van der Waals surface area contributed by atoms with E-state index in [1.165, 1.54) is 6.42 Å². The standard InChI is InChI=1S/C19H24N2O2/c1-23-17-9-7-8-16(14-17)18(20-10-5-6-11-20)15-19(22)21-12-3-2-4-13-21/h5-11,14,18H,2-4,12-13,15H2,1H3/t18-/m1/s1. The van der Waals surface area contributed by atoms with E-state index in [4.69, 9.17) is 4.74 Å².